The Labute approximate surface area is 333 Å². The predicted molar refractivity (Wildman–Crippen MR) is 209 cm³/mol. The molecule has 2 unspecified atom stereocenters. The molecule has 0 radical (unpaired) electrons. The number of hydrogen-bond acceptors (Lipinski definition) is 8. The van der Waals surface area contributed by atoms with Gasteiger partial charge in [0.15, 0.2) is 0 Å². The number of hydrogen-bond donors (Lipinski definition) is 3. The van der Waals surface area contributed by atoms with Crippen LogP contribution in [-0.4, -0.2) is 68.6 Å². The van der Waals surface area contributed by atoms with E-state index < -0.39 is 29.5 Å². The molecule has 2 aliphatic rings. The number of piperidine rings is 2. The number of aromatic nitrogens is 3. The summed E-state index contributed by atoms with van der Waals surface area (Å²) in [6, 6.07) is 22.0. The van der Waals surface area contributed by atoms with Gasteiger partial charge in [0, 0.05) is 24.9 Å². The van der Waals surface area contributed by atoms with Gasteiger partial charge in [-0.15, -0.1) is 0 Å². The van der Waals surface area contributed by atoms with Gasteiger partial charge >= 0.3 is 6.18 Å². The molecule has 4 amide bonds. The lowest BCUT2D eigenvalue weighted by Gasteiger charge is -2.32. The third-order valence-electron chi connectivity index (χ3n) is 10.4. The molecule has 15 heteroatoms. The second kappa shape index (κ2) is 17.2. The van der Waals surface area contributed by atoms with Crippen LogP contribution in [0.4, 0.5) is 18.9 Å². The van der Waals surface area contributed by atoms with Gasteiger partial charge in [0.25, 0.3) is 5.91 Å². The van der Waals surface area contributed by atoms with Crippen molar-refractivity contribution in [1.29, 1.82) is 0 Å². The van der Waals surface area contributed by atoms with Gasteiger partial charge in [0.05, 0.1) is 30.3 Å². The summed E-state index contributed by atoms with van der Waals surface area (Å²) in [5.74, 6) is -1.22. The molecule has 302 valence electrons. The van der Waals surface area contributed by atoms with E-state index >= 15 is 0 Å². The van der Waals surface area contributed by atoms with Crippen LogP contribution in [0.1, 0.15) is 96.0 Å². The first-order valence-corrected chi connectivity index (χ1v) is 19.3. The Balaban J connectivity index is 1.04. The van der Waals surface area contributed by atoms with Gasteiger partial charge in [0.2, 0.25) is 17.7 Å². The van der Waals surface area contributed by atoms with Crippen molar-refractivity contribution in [3.8, 4) is 5.75 Å². The van der Waals surface area contributed by atoms with Crippen LogP contribution in [-0.2, 0) is 27.0 Å². The van der Waals surface area contributed by atoms with Crippen LogP contribution in [0.2, 0.25) is 0 Å². The number of fused-ring (bicyclic) bond motifs is 1. The van der Waals surface area contributed by atoms with E-state index in [2.05, 4.69) is 38.0 Å². The number of carbonyl (C=O) groups is 4. The number of ether oxygens (including phenoxy) is 1. The van der Waals surface area contributed by atoms with Crippen molar-refractivity contribution < 1.29 is 37.1 Å². The molecule has 2 fully saturated rings. The Hall–Kier alpha value is -6.09. The highest BCUT2D eigenvalue weighted by Gasteiger charge is 2.33. The molecule has 3 aromatic heterocycles. The largest absolute Gasteiger partial charge is 0.489 e. The SMILES string of the molecule is CC(C)Oc1cc2nc(C(Cc3ccccc3)NC(=O)CN3CCC(c4ccc(C5CCC(=O)NC5=O)cc4)CC3)cn2cc1NC(=O)c1cccc(C(F)(F)F)n1. The molecule has 2 saturated heterocycles. The van der Waals surface area contributed by atoms with E-state index in [4.69, 9.17) is 9.72 Å². The van der Waals surface area contributed by atoms with Crippen LogP contribution in [0.3, 0.4) is 0 Å². The Morgan fingerprint density at radius 2 is 1.64 bits per heavy atom. The zero-order valence-corrected chi connectivity index (χ0v) is 32.1. The van der Waals surface area contributed by atoms with Crippen LogP contribution in [0, 0.1) is 0 Å². The summed E-state index contributed by atoms with van der Waals surface area (Å²) in [5, 5.41) is 8.27. The molecular weight excluding hydrogens is 752 g/mol. The first-order valence-electron chi connectivity index (χ1n) is 19.3. The van der Waals surface area contributed by atoms with Crippen LogP contribution < -0.4 is 20.7 Å². The number of pyridine rings is 2. The van der Waals surface area contributed by atoms with E-state index in [0.717, 1.165) is 49.2 Å². The summed E-state index contributed by atoms with van der Waals surface area (Å²) in [4.78, 5) is 61.2. The lowest BCUT2D eigenvalue weighted by atomic mass is 9.86. The topological polar surface area (TPSA) is 147 Å². The number of rotatable bonds is 12. The second-order valence-corrected chi connectivity index (χ2v) is 15.0. The Morgan fingerprint density at radius 1 is 0.914 bits per heavy atom. The third kappa shape index (κ3) is 9.71. The highest BCUT2D eigenvalue weighted by molar-refractivity contribution is 6.04. The molecule has 0 saturated carbocycles. The second-order valence-electron chi connectivity index (χ2n) is 15.0. The average Bonchev–Trinajstić information content (AvgIpc) is 3.61. The minimum absolute atomic E-state index is 0.157. The smallest absolute Gasteiger partial charge is 0.433 e. The normalized spacial score (nSPS) is 17.2. The number of imide groups is 1. The van der Waals surface area contributed by atoms with Gasteiger partial charge in [0.1, 0.15) is 28.5 Å². The molecule has 5 heterocycles. The molecule has 12 nitrogen and oxygen atoms in total. The number of imidazole rings is 1. The minimum atomic E-state index is -4.71. The maximum atomic E-state index is 13.7. The first kappa shape index (κ1) is 40.1. The fourth-order valence-corrected chi connectivity index (χ4v) is 7.51. The standard InChI is InChI=1S/C43H44F3N7O5/c1-26(2)58-36-22-38-48-34(23-53(38)24-35(36)50-42(57)32-9-6-10-37(47-32)43(44,45)46)33(21-27-7-4-3-5-8-27)49-40(55)25-52-19-17-29(18-20-52)28-11-13-30(14-12-28)31-15-16-39(54)51-41(31)56/h3-14,22-24,26,29,31,33H,15-21,25H2,1-2H3,(H,49,55)(H,50,57)(H,51,54,56). The molecule has 2 aliphatic heterocycles. The summed E-state index contributed by atoms with van der Waals surface area (Å²) in [7, 11) is 0. The lowest BCUT2D eigenvalue weighted by molar-refractivity contribution is -0.141. The van der Waals surface area contributed by atoms with E-state index in [0.29, 0.717) is 36.5 Å². The Morgan fingerprint density at radius 3 is 2.33 bits per heavy atom. The van der Waals surface area contributed by atoms with Gasteiger partial charge in [-0.25, -0.2) is 9.97 Å². The van der Waals surface area contributed by atoms with Gasteiger partial charge in [-0.1, -0.05) is 60.7 Å². The number of likely N-dealkylation sites (tertiary alicyclic amines) is 1. The number of anilines is 1. The molecule has 2 aromatic carbocycles. The van der Waals surface area contributed by atoms with Gasteiger partial charge in [-0.2, -0.15) is 13.2 Å². The monoisotopic (exact) mass is 795 g/mol. The van der Waals surface area contributed by atoms with Crippen molar-refractivity contribution in [2.45, 2.75) is 76.1 Å². The van der Waals surface area contributed by atoms with Crippen LogP contribution >= 0.6 is 0 Å². The summed E-state index contributed by atoms with van der Waals surface area (Å²) in [6.45, 7) is 5.27. The first-order chi connectivity index (χ1) is 27.8. The van der Waals surface area contributed by atoms with E-state index in [1.54, 1.807) is 36.7 Å². The highest BCUT2D eigenvalue weighted by atomic mass is 19.4. The maximum absolute atomic E-state index is 13.7. The number of amides is 4. The molecular formula is C43H44F3N7O5. The molecule has 0 spiro atoms. The number of halogens is 3. The van der Waals surface area contributed by atoms with E-state index in [1.165, 1.54) is 11.6 Å². The molecule has 3 N–H and O–H groups in total. The quantitative estimate of drug-likeness (QED) is 0.120. The van der Waals surface area contributed by atoms with Crippen LogP contribution in [0.15, 0.2) is 91.3 Å². The van der Waals surface area contributed by atoms with Gasteiger partial charge in [-0.05, 0) is 87.4 Å². The van der Waals surface area contributed by atoms with Crippen molar-refractivity contribution in [3.05, 3.63) is 125 Å². The average molecular weight is 796 g/mol. The number of carbonyl (C=O) groups excluding carboxylic acids is 4. The van der Waals surface area contributed by atoms with Crippen molar-refractivity contribution in [3.63, 3.8) is 0 Å². The predicted octanol–water partition coefficient (Wildman–Crippen LogP) is 6.59. The summed E-state index contributed by atoms with van der Waals surface area (Å²) in [6.07, 6.45) is 1.34. The minimum Gasteiger partial charge on any atom is -0.489 e. The number of benzene rings is 2. The summed E-state index contributed by atoms with van der Waals surface area (Å²) < 4.78 is 47.6. The Bertz CT molecular complexity index is 2290. The molecule has 58 heavy (non-hydrogen) atoms. The molecule has 2 atom stereocenters. The lowest BCUT2D eigenvalue weighted by Crippen LogP contribution is -2.42. The van der Waals surface area contributed by atoms with Crippen molar-refractivity contribution in [2.24, 2.45) is 0 Å². The number of nitrogens with one attached hydrogen (secondary N) is 3. The molecule has 0 aliphatic carbocycles. The number of nitrogens with zero attached hydrogens (tertiary/aromatic N) is 4. The molecule has 7 rings (SSSR count). The zero-order valence-electron chi connectivity index (χ0n) is 32.1. The fourth-order valence-electron chi connectivity index (χ4n) is 7.51. The summed E-state index contributed by atoms with van der Waals surface area (Å²) >= 11 is 0. The summed E-state index contributed by atoms with van der Waals surface area (Å²) in [5.41, 5.74) is 2.72. The van der Waals surface area contributed by atoms with Crippen molar-refractivity contribution in [2.75, 3.05) is 25.0 Å². The molecule has 0 bridgehead atoms. The fraction of sp³-hybridized carbons (Fsp3) is 0.349. The van der Waals surface area contributed by atoms with Crippen molar-refractivity contribution >= 4 is 35.0 Å². The van der Waals surface area contributed by atoms with E-state index in [1.807, 2.05) is 42.5 Å². The molecule has 5 aromatic rings. The van der Waals surface area contributed by atoms with E-state index in [-0.39, 0.29) is 47.7 Å². The maximum Gasteiger partial charge on any atom is 0.433 e. The van der Waals surface area contributed by atoms with Gasteiger partial charge < -0.3 is 19.8 Å². The van der Waals surface area contributed by atoms with Gasteiger partial charge in [-0.3, -0.25) is 29.4 Å². The van der Waals surface area contributed by atoms with Crippen LogP contribution in [0.5, 0.6) is 5.75 Å². The van der Waals surface area contributed by atoms with E-state index in [9.17, 15) is 32.3 Å². The van der Waals surface area contributed by atoms with Crippen LogP contribution in [0.25, 0.3) is 5.65 Å². The Kier molecular flexibility index (Phi) is 11.9. The number of alkyl halides is 3. The van der Waals surface area contributed by atoms with Crippen molar-refractivity contribution in [1.82, 2.24) is 29.9 Å². The zero-order chi connectivity index (χ0) is 41.0. The highest BCUT2D eigenvalue weighted by Crippen LogP contribution is 2.33. The third-order valence-corrected chi connectivity index (χ3v) is 10.4.